The summed E-state index contributed by atoms with van der Waals surface area (Å²) in [5, 5.41) is 0. The van der Waals surface area contributed by atoms with Gasteiger partial charge in [-0.1, -0.05) is 83.1 Å². The van der Waals surface area contributed by atoms with Gasteiger partial charge in [-0.3, -0.25) is 14.4 Å². The largest absolute Gasteiger partial charge is 0.450 e. The third-order valence-corrected chi connectivity index (χ3v) is 8.33. The van der Waals surface area contributed by atoms with Crippen molar-refractivity contribution in [3.8, 4) is 0 Å². The van der Waals surface area contributed by atoms with Crippen molar-refractivity contribution >= 4 is 35.6 Å². The molecule has 6 unspecified atom stereocenters. The van der Waals surface area contributed by atoms with Crippen LogP contribution >= 0.6 is 0 Å². The van der Waals surface area contributed by atoms with Gasteiger partial charge in [-0.25, -0.2) is 14.4 Å². The SMILES string of the molecule is CC(C)CC1C(=O)OC(C(C)C)C(=O)N(C)C(C(C)C)C(=O)OC(C(C)C)C(=O)N(C)C(C(C)C)C(=O)OC(C(C)C)C(=O)N1C. The standard InChI is InChI=1S/C34H59N3O9/c1-17(2)16-23-32(41)44-27(21(9)10)30(39)36(14)25(19(5)6)34(43)46-28(22(11)12)31(40)37(15)24(18(3)4)33(42)45-26(20(7)8)29(38)35(23)13/h17-28H,16H2,1-15H3. The van der Waals surface area contributed by atoms with Crippen LogP contribution in [0, 0.1) is 35.5 Å². The Hall–Kier alpha value is -3.18. The van der Waals surface area contributed by atoms with Crippen LogP contribution in [-0.2, 0) is 43.0 Å². The van der Waals surface area contributed by atoms with E-state index in [9.17, 15) is 28.8 Å². The smallest absolute Gasteiger partial charge is 0.329 e. The Labute approximate surface area is 275 Å². The number of esters is 3. The second-order valence-electron chi connectivity index (χ2n) is 14.7. The fraction of sp³-hybridized carbons (Fsp3) is 0.824. The topological polar surface area (TPSA) is 140 Å². The minimum absolute atomic E-state index is 0.0411. The monoisotopic (exact) mass is 653 g/mol. The van der Waals surface area contributed by atoms with Gasteiger partial charge in [0, 0.05) is 21.1 Å². The molecule has 12 heteroatoms. The van der Waals surface area contributed by atoms with E-state index < -0.39 is 102 Å². The van der Waals surface area contributed by atoms with Crippen molar-refractivity contribution in [1.82, 2.24) is 14.7 Å². The molecule has 1 saturated heterocycles. The van der Waals surface area contributed by atoms with E-state index in [2.05, 4.69) is 0 Å². The highest BCUT2D eigenvalue weighted by Crippen LogP contribution is 2.25. The summed E-state index contributed by atoms with van der Waals surface area (Å²) in [6.07, 6.45) is -3.61. The van der Waals surface area contributed by atoms with Crippen molar-refractivity contribution < 1.29 is 43.0 Å². The number of cyclic esters (lactones) is 3. The molecule has 1 fully saturated rings. The fourth-order valence-electron chi connectivity index (χ4n) is 5.65. The summed E-state index contributed by atoms with van der Waals surface area (Å²) in [4.78, 5) is 86.6. The van der Waals surface area contributed by atoms with E-state index in [1.165, 1.54) is 35.8 Å². The summed E-state index contributed by atoms with van der Waals surface area (Å²) in [5.41, 5.74) is 0. The molecule has 46 heavy (non-hydrogen) atoms. The van der Waals surface area contributed by atoms with Crippen molar-refractivity contribution in [2.45, 2.75) is 126 Å². The zero-order valence-corrected chi connectivity index (χ0v) is 30.7. The molecule has 0 aromatic carbocycles. The van der Waals surface area contributed by atoms with Crippen LogP contribution in [0.2, 0.25) is 0 Å². The maximum atomic E-state index is 13.9. The lowest BCUT2D eigenvalue weighted by Gasteiger charge is -2.38. The van der Waals surface area contributed by atoms with Gasteiger partial charge in [0.05, 0.1) is 0 Å². The summed E-state index contributed by atoms with van der Waals surface area (Å²) in [7, 11) is 4.32. The average molecular weight is 654 g/mol. The molecule has 0 saturated carbocycles. The predicted molar refractivity (Wildman–Crippen MR) is 173 cm³/mol. The van der Waals surface area contributed by atoms with E-state index in [0.29, 0.717) is 0 Å². The number of hydrogen-bond donors (Lipinski definition) is 0. The number of carbonyl (C=O) groups is 6. The van der Waals surface area contributed by atoms with E-state index in [-0.39, 0.29) is 12.3 Å². The number of hydrogen-bond acceptors (Lipinski definition) is 9. The van der Waals surface area contributed by atoms with Crippen molar-refractivity contribution in [2.24, 2.45) is 35.5 Å². The molecule has 1 heterocycles. The zero-order valence-electron chi connectivity index (χ0n) is 30.7. The number of rotatable bonds is 7. The fourth-order valence-corrected chi connectivity index (χ4v) is 5.65. The first-order chi connectivity index (χ1) is 21.1. The molecule has 12 nitrogen and oxygen atoms in total. The van der Waals surface area contributed by atoms with Gasteiger partial charge in [-0.2, -0.15) is 0 Å². The van der Waals surface area contributed by atoms with Crippen molar-refractivity contribution in [1.29, 1.82) is 0 Å². The molecule has 1 aliphatic heterocycles. The number of ether oxygens (including phenoxy) is 3. The van der Waals surface area contributed by atoms with Crippen molar-refractivity contribution in [2.75, 3.05) is 21.1 Å². The summed E-state index contributed by atoms with van der Waals surface area (Å²) < 4.78 is 17.5. The van der Waals surface area contributed by atoms with E-state index in [1.807, 2.05) is 13.8 Å². The van der Waals surface area contributed by atoms with Crippen LogP contribution in [-0.4, -0.2) is 108 Å². The number of carbonyl (C=O) groups excluding carboxylic acids is 6. The second-order valence-corrected chi connectivity index (χ2v) is 14.7. The zero-order chi connectivity index (χ0) is 36.0. The first-order valence-corrected chi connectivity index (χ1v) is 16.5. The van der Waals surface area contributed by atoms with Gasteiger partial charge < -0.3 is 28.9 Å². The van der Waals surface area contributed by atoms with Crippen LogP contribution in [0.25, 0.3) is 0 Å². The Morgan fingerprint density at radius 3 is 1.00 bits per heavy atom. The van der Waals surface area contributed by atoms with Crippen LogP contribution in [0.4, 0.5) is 0 Å². The van der Waals surface area contributed by atoms with Crippen LogP contribution in [0.5, 0.6) is 0 Å². The van der Waals surface area contributed by atoms with Crippen LogP contribution < -0.4 is 0 Å². The lowest BCUT2D eigenvalue weighted by atomic mass is 9.97. The van der Waals surface area contributed by atoms with E-state index in [0.717, 1.165) is 0 Å². The Bertz CT molecular complexity index is 1090. The maximum absolute atomic E-state index is 13.9. The summed E-state index contributed by atoms with van der Waals surface area (Å²) in [6.45, 7) is 21.0. The predicted octanol–water partition coefficient (Wildman–Crippen LogP) is 3.54. The molecule has 0 N–H and O–H groups in total. The Morgan fingerprint density at radius 1 is 0.457 bits per heavy atom. The first-order valence-electron chi connectivity index (χ1n) is 16.5. The van der Waals surface area contributed by atoms with Crippen LogP contribution in [0.3, 0.4) is 0 Å². The van der Waals surface area contributed by atoms with Crippen molar-refractivity contribution in [3.63, 3.8) is 0 Å². The maximum Gasteiger partial charge on any atom is 0.329 e. The summed E-state index contributed by atoms with van der Waals surface area (Å²) in [6, 6.07) is -3.31. The quantitative estimate of drug-likeness (QED) is 0.298. The van der Waals surface area contributed by atoms with Gasteiger partial charge in [0.2, 0.25) is 0 Å². The van der Waals surface area contributed by atoms with Gasteiger partial charge in [0.15, 0.2) is 18.3 Å². The number of amides is 3. The van der Waals surface area contributed by atoms with Crippen LogP contribution in [0.15, 0.2) is 0 Å². The highest BCUT2D eigenvalue weighted by atomic mass is 16.6. The van der Waals surface area contributed by atoms with E-state index in [1.54, 1.807) is 69.2 Å². The Balaban J connectivity index is 3.94. The average Bonchev–Trinajstić information content (AvgIpc) is 2.93. The molecule has 0 spiro atoms. The molecule has 0 radical (unpaired) electrons. The minimum Gasteiger partial charge on any atom is -0.450 e. The van der Waals surface area contributed by atoms with Crippen LogP contribution in [0.1, 0.15) is 89.5 Å². The van der Waals surface area contributed by atoms with Gasteiger partial charge in [0.1, 0.15) is 18.1 Å². The first kappa shape index (κ1) is 40.8. The minimum atomic E-state index is -1.28. The molecule has 0 aromatic rings. The van der Waals surface area contributed by atoms with E-state index >= 15 is 0 Å². The molecule has 1 rings (SSSR count). The highest BCUT2D eigenvalue weighted by molar-refractivity contribution is 5.94. The van der Waals surface area contributed by atoms with Gasteiger partial charge in [-0.15, -0.1) is 0 Å². The normalized spacial score (nSPS) is 27.2. The molecule has 0 aliphatic carbocycles. The van der Waals surface area contributed by atoms with Gasteiger partial charge in [-0.05, 0) is 41.9 Å². The number of nitrogens with zero attached hydrogens (tertiary/aromatic N) is 3. The molecule has 1 aliphatic rings. The summed E-state index contributed by atoms with van der Waals surface area (Å²) in [5.74, 6) is -6.57. The van der Waals surface area contributed by atoms with Gasteiger partial charge >= 0.3 is 17.9 Å². The molecule has 264 valence electrons. The molecule has 3 amide bonds. The molecular formula is C34H59N3O9. The lowest BCUT2D eigenvalue weighted by molar-refractivity contribution is -0.181. The molecule has 0 bridgehead atoms. The van der Waals surface area contributed by atoms with E-state index in [4.69, 9.17) is 14.2 Å². The third-order valence-electron chi connectivity index (χ3n) is 8.33. The highest BCUT2D eigenvalue weighted by Gasteiger charge is 2.44. The number of likely N-dealkylation sites (N-methyl/N-ethyl adjacent to an activating group) is 3. The Morgan fingerprint density at radius 2 is 0.739 bits per heavy atom. The molecule has 0 aromatic heterocycles. The van der Waals surface area contributed by atoms with Gasteiger partial charge in [0.25, 0.3) is 17.7 Å². The third kappa shape index (κ3) is 9.91. The molecule has 6 atom stereocenters. The van der Waals surface area contributed by atoms with Crippen molar-refractivity contribution in [3.05, 3.63) is 0 Å². The lowest BCUT2D eigenvalue weighted by Crippen LogP contribution is -2.57. The summed E-state index contributed by atoms with van der Waals surface area (Å²) >= 11 is 0. The Kier molecular flexibility index (Phi) is 15.2. The molecular weight excluding hydrogens is 594 g/mol. The second kappa shape index (κ2) is 17.1.